The van der Waals surface area contributed by atoms with Gasteiger partial charge in [0.15, 0.2) is 0 Å². The molecule has 9 nitrogen and oxygen atoms in total. The minimum Gasteiger partial charge on any atom is -0.462 e. The largest absolute Gasteiger partial charge is 0.462 e. The summed E-state index contributed by atoms with van der Waals surface area (Å²) in [5.41, 5.74) is 1.89. The second kappa shape index (κ2) is 32.1. The summed E-state index contributed by atoms with van der Waals surface area (Å²) in [6.45, 7) is 15.6. The maximum absolute atomic E-state index is 13.0. The number of ether oxygens (including phenoxy) is 4. The zero-order chi connectivity index (χ0) is 47.5. The number of aliphatic hydroxyl groups excluding tert-OH is 1. The summed E-state index contributed by atoms with van der Waals surface area (Å²) in [7, 11) is 0. The highest BCUT2D eigenvalue weighted by Gasteiger charge is 2.59. The Morgan fingerprint density at radius 2 is 1.24 bits per heavy atom. The van der Waals surface area contributed by atoms with Crippen LogP contribution in [0.15, 0.2) is 11.6 Å². The Bertz CT molecular complexity index is 1360. The number of Topliss-reactive ketones (excluding diaryl/α,β-unsaturated/α-hetero) is 1. The zero-order valence-electron chi connectivity index (χ0n) is 43.4. The first-order chi connectivity index (χ1) is 32.0. The lowest BCUT2D eigenvalue weighted by Gasteiger charge is -2.58. The summed E-state index contributed by atoms with van der Waals surface area (Å²) >= 11 is 0. The van der Waals surface area contributed by atoms with Gasteiger partial charge in [-0.1, -0.05) is 142 Å². The molecule has 0 bridgehead atoms. The van der Waals surface area contributed by atoms with E-state index in [9.17, 15) is 19.5 Å². The van der Waals surface area contributed by atoms with Crippen molar-refractivity contribution in [2.45, 2.75) is 246 Å². The second-order valence-electron chi connectivity index (χ2n) is 21.9. The Hall–Kier alpha value is -1.81. The number of esters is 2. The van der Waals surface area contributed by atoms with E-state index in [0.717, 1.165) is 83.7 Å². The van der Waals surface area contributed by atoms with Crippen LogP contribution in [0.5, 0.6) is 0 Å². The molecule has 4 aliphatic rings. The average molecular weight is 928 g/mol. The first-order valence-corrected chi connectivity index (χ1v) is 28.1. The molecule has 4 aliphatic carbocycles. The number of allylic oxidation sites excluding steroid dienone is 1. The van der Waals surface area contributed by atoms with E-state index in [0.29, 0.717) is 75.8 Å². The van der Waals surface area contributed by atoms with Gasteiger partial charge in [0.2, 0.25) is 0 Å². The number of aliphatic hydroxyl groups is 1. The highest BCUT2D eigenvalue weighted by molar-refractivity contribution is 5.79. The van der Waals surface area contributed by atoms with Gasteiger partial charge in [0.05, 0.1) is 19.8 Å². The molecular weight excluding hydrogens is 827 g/mol. The van der Waals surface area contributed by atoms with Crippen molar-refractivity contribution in [3.05, 3.63) is 11.6 Å². The molecule has 382 valence electrons. The maximum atomic E-state index is 13.0. The van der Waals surface area contributed by atoms with Crippen LogP contribution in [-0.4, -0.2) is 92.6 Å². The highest BCUT2D eigenvalue weighted by atomic mass is 16.6. The van der Waals surface area contributed by atoms with Crippen molar-refractivity contribution in [2.75, 3.05) is 52.7 Å². The number of hydrogen-bond acceptors (Lipinski definition) is 9. The first kappa shape index (κ1) is 56.8. The van der Waals surface area contributed by atoms with Crippen molar-refractivity contribution >= 4 is 17.7 Å². The number of ketones is 1. The van der Waals surface area contributed by atoms with Crippen LogP contribution in [-0.2, 0) is 33.3 Å². The lowest BCUT2D eigenvalue weighted by Crippen LogP contribution is -2.51. The van der Waals surface area contributed by atoms with Gasteiger partial charge in [0.1, 0.15) is 18.0 Å². The molecule has 7 unspecified atom stereocenters. The molecule has 0 saturated heterocycles. The summed E-state index contributed by atoms with van der Waals surface area (Å²) in [6.07, 6.45) is 36.2. The van der Waals surface area contributed by atoms with Crippen LogP contribution in [0, 0.1) is 34.5 Å². The molecule has 4 rings (SSSR count). The lowest BCUT2D eigenvalue weighted by atomic mass is 9.47. The van der Waals surface area contributed by atoms with E-state index in [4.69, 9.17) is 18.9 Å². The van der Waals surface area contributed by atoms with Crippen LogP contribution in [0.4, 0.5) is 0 Å². The van der Waals surface area contributed by atoms with Crippen LogP contribution >= 0.6 is 0 Å². The fourth-order valence-corrected chi connectivity index (χ4v) is 13.0. The van der Waals surface area contributed by atoms with E-state index in [1.165, 1.54) is 115 Å². The number of unbranched alkanes of at least 4 members (excludes halogenated alkanes) is 17. The number of rotatable bonds is 38. The third-order valence-corrected chi connectivity index (χ3v) is 16.9. The van der Waals surface area contributed by atoms with Crippen LogP contribution in [0.1, 0.15) is 234 Å². The zero-order valence-corrected chi connectivity index (χ0v) is 43.4. The van der Waals surface area contributed by atoms with Crippen LogP contribution < -0.4 is 0 Å². The second-order valence-corrected chi connectivity index (χ2v) is 21.9. The fourth-order valence-electron chi connectivity index (χ4n) is 13.0. The van der Waals surface area contributed by atoms with E-state index in [1.807, 2.05) is 6.92 Å². The van der Waals surface area contributed by atoms with Gasteiger partial charge >= 0.3 is 11.9 Å². The van der Waals surface area contributed by atoms with Crippen molar-refractivity contribution in [2.24, 2.45) is 34.5 Å². The SMILES string of the molecule is CCCCCCCCCCOCC(COCCCCCCCCCC)OC(=O)CCCN(CCO)CCCCCCC(=O)OC1CCC2(C)C(=CCC3C2CCC2(C)C(C(C)=O)CCC32)C1. The molecule has 0 heterocycles. The molecule has 3 saturated carbocycles. The standard InChI is InChI=1S/C57H101NO8/c1-6-8-10-12-14-16-20-24-41-63-44-49(45-64-42-25-21-17-15-13-11-9-7-2)66-55(62)28-26-38-58(39-40-59)37-23-19-18-22-27-54(61)65-48-33-35-56(4)47(43-48)29-30-50-52-32-31-51(46(3)60)57(52,5)36-34-53(50)56/h29,48-53,59H,6-28,30-45H2,1-5H3. The molecule has 0 spiro atoms. The quantitative estimate of drug-likeness (QED) is 0.0367. The molecule has 0 aromatic heterocycles. The number of carbonyl (C=O) groups excluding carboxylic acids is 3. The lowest BCUT2D eigenvalue weighted by molar-refractivity contribution is -0.156. The Morgan fingerprint density at radius 1 is 0.667 bits per heavy atom. The van der Waals surface area contributed by atoms with E-state index >= 15 is 0 Å². The van der Waals surface area contributed by atoms with Gasteiger partial charge in [-0.25, -0.2) is 0 Å². The smallest absolute Gasteiger partial charge is 0.306 e. The molecule has 0 aromatic rings. The predicted octanol–water partition coefficient (Wildman–Crippen LogP) is 13.3. The Labute approximate surface area is 404 Å². The Kier molecular flexibility index (Phi) is 27.7. The highest BCUT2D eigenvalue weighted by Crippen LogP contribution is 2.66. The van der Waals surface area contributed by atoms with Gasteiger partial charge < -0.3 is 29.0 Å². The molecule has 7 atom stereocenters. The van der Waals surface area contributed by atoms with Crippen molar-refractivity contribution in [1.29, 1.82) is 0 Å². The van der Waals surface area contributed by atoms with Gasteiger partial charge in [-0.15, -0.1) is 0 Å². The van der Waals surface area contributed by atoms with Crippen molar-refractivity contribution in [1.82, 2.24) is 4.90 Å². The van der Waals surface area contributed by atoms with Gasteiger partial charge in [0, 0.05) is 44.9 Å². The molecule has 0 radical (unpaired) electrons. The minimum absolute atomic E-state index is 0.0123. The minimum atomic E-state index is -0.392. The van der Waals surface area contributed by atoms with E-state index in [-0.39, 0.29) is 41.4 Å². The monoisotopic (exact) mass is 928 g/mol. The molecule has 9 heteroatoms. The molecule has 0 amide bonds. The molecule has 0 aliphatic heterocycles. The van der Waals surface area contributed by atoms with Crippen molar-refractivity contribution < 1.29 is 38.4 Å². The summed E-state index contributed by atoms with van der Waals surface area (Å²) < 4.78 is 24.0. The van der Waals surface area contributed by atoms with E-state index in [2.05, 4.69) is 38.7 Å². The third-order valence-electron chi connectivity index (χ3n) is 16.9. The average Bonchev–Trinajstić information content (AvgIpc) is 3.66. The predicted molar refractivity (Wildman–Crippen MR) is 268 cm³/mol. The van der Waals surface area contributed by atoms with Crippen LogP contribution in [0.3, 0.4) is 0 Å². The molecule has 3 fully saturated rings. The van der Waals surface area contributed by atoms with Crippen LogP contribution in [0.25, 0.3) is 0 Å². The molecule has 0 aromatic carbocycles. The van der Waals surface area contributed by atoms with Gasteiger partial charge in [-0.3, -0.25) is 14.4 Å². The topological polar surface area (TPSA) is 112 Å². The molecule has 66 heavy (non-hydrogen) atoms. The summed E-state index contributed by atoms with van der Waals surface area (Å²) in [5, 5.41) is 9.76. The molecule has 1 N–H and O–H groups in total. The number of hydrogen-bond donors (Lipinski definition) is 1. The maximum Gasteiger partial charge on any atom is 0.306 e. The Morgan fingerprint density at radius 3 is 1.86 bits per heavy atom. The third kappa shape index (κ3) is 19.2. The van der Waals surface area contributed by atoms with Gasteiger partial charge in [-0.05, 0) is 126 Å². The summed E-state index contributed by atoms with van der Waals surface area (Å²) in [5.74, 6) is 2.38. The Balaban J connectivity index is 1.07. The number of fused-ring (bicyclic) bond motifs is 5. The summed E-state index contributed by atoms with van der Waals surface area (Å²) in [4.78, 5) is 40.8. The molecular formula is C57H101NO8. The summed E-state index contributed by atoms with van der Waals surface area (Å²) in [6, 6.07) is 0. The van der Waals surface area contributed by atoms with Gasteiger partial charge in [0.25, 0.3) is 0 Å². The normalized spacial score (nSPS) is 25.9. The van der Waals surface area contributed by atoms with E-state index in [1.54, 1.807) is 0 Å². The van der Waals surface area contributed by atoms with Crippen LogP contribution in [0.2, 0.25) is 0 Å². The first-order valence-electron chi connectivity index (χ1n) is 28.1. The van der Waals surface area contributed by atoms with Crippen molar-refractivity contribution in [3.8, 4) is 0 Å². The number of carbonyl (C=O) groups is 3. The van der Waals surface area contributed by atoms with Crippen molar-refractivity contribution in [3.63, 3.8) is 0 Å². The van der Waals surface area contributed by atoms with Gasteiger partial charge in [-0.2, -0.15) is 0 Å². The van der Waals surface area contributed by atoms with E-state index < -0.39 is 6.10 Å². The number of nitrogens with zero attached hydrogens (tertiary/aromatic N) is 1. The fraction of sp³-hybridized carbons (Fsp3) is 0.912.